The van der Waals surface area contributed by atoms with Gasteiger partial charge in [-0.25, -0.2) is 4.79 Å². The second-order valence-corrected chi connectivity index (χ2v) is 15.2. The topological polar surface area (TPSA) is 146 Å². The number of carboxylic acids is 1. The fourth-order valence-corrected chi connectivity index (χ4v) is 6.07. The minimum Gasteiger partial charge on any atom is -0.481 e. The number of carbonyl (C=O) groups is 5. The van der Waals surface area contributed by atoms with Crippen molar-refractivity contribution in [2.75, 3.05) is 13.1 Å². The van der Waals surface area contributed by atoms with E-state index < -0.39 is 45.7 Å². The standard InChI is InChI=1S/C38H39NO10/c1-35(2,3)33(44)46-22-9-12-26-28(19-22)48-29-20-23(47-34(45)36(4,5)6)10-13-27(29)38(26)25-11-8-21(18-24(25)31(41)49-38)30(40)39-16-14-37(7,15-17-39)32(42)43/h8-13,18-20H,14-17H2,1-7H3,(H,42,43). The highest BCUT2D eigenvalue weighted by Crippen LogP contribution is 2.57. The molecule has 0 saturated carbocycles. The molecule has 11 nitrogen and oxygen atoms in total. The Labute approximate surface area is 284 Å². The molecule has 0 bridgehead atoms. The molecule has 0 aromatic heterocycles. The molecular weight excluding hydrogens is 630 g/mol. The Bertz CT molecular complexity index is 1840. The number of hydrogen-bond donors (Lipinski definition) is 1. The van der Waals surface area contributed by atoms with Gasteiger partial charge in [-0.3, -0.25) is 19.2 Å². The Morgan fingerprint density at radius 2 is 1.24 bits per heavy atom. The summed E-state index contributed by atoms with van der Waals surface area (Å²) in [4.78, 5) is 66.0. The van der Waals surface area contributed by atoms with Crippen molar-refractivity contribution in [1.29, 1.82) is 0 Å². The molecule has 1 saturated heterocycles. The van der Waals surface area contributed by atoms with Gasteiger partial charge in [-0.2, -0.15) is 0 Å². The van der Waals surface area contributed by atoms with Crippen molar-refractivity contribution in [3.63, 3.8) is 0 Å². The minimum atomic E-state index is -1.51. The molecule has 0 radical (unpaired) electrons. The van der Waals surface area contributed by atoms with E-state index in [1.807, 2.05) is 0 Å². The summed E-state index contributed by atoms with van der Waals surface area (Å²) in [6, 6.07) is 14.4. The van der Waals surface area contributed by atoms with Gasteiger partial charge in [0, 0.05) is 47.5 Å². The highest BCUT2D eigenvalue weighted by molar-refractivity contribution is 6.02. The minimum absolute atomic E-state index is 0.184. The van der Waals surface area contributed by atoms with Crippen molar-refractivity contribution in [3.05, 3.63) is 82.4 Å². The van der Waals surface area contributed by atoms with Crippen LogP contribution < -0.4 is 14.2 Å². The molecule has 3 aliphatic rings. The van der Waals surface area contributed by atoms with Crippen molar-refractivity contribution >= 4 is 29.8 Å². The zero-order valence-corrected chi connectivity index (χ0v) is 28.6. The van der Waals surface area contributed by atoms with E-state index in [1.165, 1.54) is 6.07 Å². The molecule has 1 fully saturated rings. The first-order valence-electron chi connectivity index (χ1n) is 16.2. The molecule has 1 spiro atoms. The summed E-state index contributed by atoms with van der Waals surface area (Å²) in [5.74, 6) is -1.82. The molecule has 0 unspecified atom stereocenters. The second-order valence-electron chi connectivity index (χ2n) is 15.2. The first-order chi connectivity index (χ1) is 22.8. The van der Waals surface area contributed by atoms with Crippen LogP contribution in [0.2, 0.25) is 0 Å². The van der Waals surface area contributed by atoms with Crippen LogP contribution in [0.25, 0.3) is 0 Å². The number of ether oxygens (including phenoxy) is 4. The van der Waals surface area contributed by atoms with Crippen molar-refractivity contribution in [2.45, 2.75) is 66.9 Å². The Balaban J connectivity index is 1.42. The van der Waals surface area contributed by atoms with Crippen LogP contribution >= 0.6 is 0 Å². The first-order valence-corrected chi connectivity index (χ1v) is 16.2. The fraction of sp³-hybridized carbons (Fsp3) is 0.395. The predicted octanol–water partition coefficient (Wildman–Crippen LogP) is 6.48. The van der Waals surface area contributed by atoms with E-state index in [2.05, 4.69) is 0 Å². The number of nitrogens with zero attached hydrogens (tertiary/aromatic N) is 1. The summed E-state index contributed by atoms with van der Waals surface area (Å²) >= 11 is 0. The van der Waals surface area contributed by atoms with Gasteiger partial charge in [-0.15, -0.1) is 0 Å². The van der Waals surface area contributed by atoms with E-state index in [-0.39, 0.29) is 53.1 Å². The van der Waals surface area contributed by atoms with Crippen LogP contribution in [0.4, 0.5) is 0 Å². The molecule has 0 atom stereocenters. The number of carboxylic acid groups (broad SMARTS) is 1. The van der Waals surface area contributed by atoms with Crippen LogP contribution in [0.5, 0.6) is 23.0 Å². The highest BCUT2D eigenvalue weighted by Gasteiger charge is 2.54. The quantitative estimate of drug-likeness (QED) is 0.242. The average molecular weight is 670 g/mol. The Morgan fingerprint density at radius 3 is 1.71 bits per heavy atom. The average Bonchev–Trinajstić information content (AvgIpc) is 3.31. The van der Waals surface area contributed by atoms with Gasteiger partial charge in [0.1, 0.15) is 23.0 Å². The maximum absolute atomic E-state index is 13.7. The van der Waals surface area contributed by atoms with E-state index in [4.69, 9.17) is 18.9 Å². The van der Waals surface area contributed by atoms with Crippen LogP contribution in [-0.2, 0) is 24.7 Å². The first kappa shape index (κ1) is 33.7. The Kier molecular flexibility index (Phi) is 7.88. The SMILES string of the molecule is CC(C)(C)C(=O)Oc1ccc2c(c1)Oc1cc(OC(=O)C(C)(C)C)ccc1C21OC(=O)c2cc(C(=O)N3CCC(C)(C(=O)O)CC3)ccc21. The predicted molar refractivity (Wildman–Crippen MR) is 176 cm³/mol. The van der Waals surface area contributed by atoms with Gasteiger partial charge < -0.3 is 29.0 Å². The van der Waals surface area contributed by atoms with Gasteiger partial charge in [0.2, 0.25) is 0 Å². The molecule has 3 heterocycles. The van der Waals surface area contributed by atoms with E-state index in [0.29, 0.717) is 29.5 Å². The number of amides is 1. The molecule has 1 amide bonds. The fourth-order valence-electron chi connectivity index (χ4n) is 6.07. The van der Waals surface area contributed by atoms with E-state index in [0.717, 1.165) is 0 Å². The molecule has 0 aliphatic carbocycles. The number of piperidine rings is 1. The number of hydrogen-bond acceptors (Lipinski definition) is 9. The van der Waals surface area contributed by atoms with Crippen LogP contribution in [0.15, 0.2) is 54.6 Å². The molecule has 3 aromatic rings. The zero-order valence-electron chi connectivity index (χ0n) is 28.6. The molecule has 256 valence electrons. The molecule has 3 aromatic carbocycles. The van der Waals surface area contributed by atoms with Gasteiger partial charge in [0.15, 0.2) is 5.60 Å². The largest absolute Gasteiger partial charge is 0.481 e. The molecule has 49 heavy (non-hydrogen) atoms. The highest BCUT2D eigenvalue weighted by atomic mass is 16.6. The lowest BCUT2D eigenvalue weighted by Crippen LogP contribution is -2.45. The summed E-state index contributed by atoms with van der Waals surface area (Å²) in [6.07, 6.45) is 0.635. The molecule has 11 heteroatoms. The molecule has 6 rings (SSSR count). The van der Waals surface area contributed by atoms with Crippen molar-refractivity contribution in [1.82, 2.24) is 4.90 Å². The van der Waals surface area contributed by atoms with Crippen LogP contribution in [0.3, 0.4) is 0 Å². The summed E-state index contributed by atoms with van der Waals surface area (Å²) in [5, 5.41) is 9.60. The van der Waals surface area contributed by atoms with Gasteiger partial charge >= 0.3 is 23.9 Å². The van der Waals surface area contributed by atoms with Gasteiger partial charge in [0.05, 0.1) is 21.8 Å². The Morgan fingerprint density at radius 1 is 0.755 bits per heavy atom. The number of esters is 3. The van der Waals surface area contributed by atoms with Gasteiger partial charge in [-0.05, 0) is 97.7 Å². The van der Waals surface area contributed by atoms with Crippen molar-refractivity contribution in [3.8, 4) is 23.0 Å². The molecular formula is C38H39NO10. The molecule has 3 aliphatic heterocycles. The van der Waals surface area contributed by atoms with Crippen molar-refractivity contribution in [2.24, 2.45) is 16.2 Å². The zero-order chi connectivity index (χ0) is 35.7. The third kappa shape index (κ3) is 5.81. The number of benzene rings is 3. The summed E-state index contributed by atoms with van der Waals surface area (Å²) < 4.78 is 23.9. The Hall–Kier alpha value is -5.19. The molecule has 1 N–H and O–H groups in total. The summed E-state index contributed by atoms with van der Waals surface area (Å²) in [6.45, 7) is 12.7. The summed E-state index contributed by atoms with van der Waals surface area (Å²) in [7, 11) is 0. The van der Waals surface area contributed by atoms with E-state index >= 15 is 0 Å². The lowest BCUT2D eigenvalue weighted by molar-refractivity contribution is -0.150. The lowest BCUT2D eigenvalue weighted by atomic mass is 9.77. The number of carbonyl (C=O) groups excluding carboxylic acids is 4. The number of likely N-dealkylation sites (tertiary alicyclic amines) is 1. The third-order valence-corrected chi connectivity index (χ3v) is 9.31. The maximum Gasteiger partial charge on any atom is 0.340 e. The number of rotatable bonds is 4. The lowest BCUT2D eigenvalue weighted by Gasteiger charge is -2.37. The van der Waals surface area contributed by atoms with Gasteiger partial charge in [-0.1, -0.05) is 6.07 Å². The van der Waals surface area contributed by atoms with E-state index in [9.17, 15) is 29.1 Å². The maximum atomic E-state index is 13.7. The second kappa shape index (κ2) is 11.5. The number of aliphatic carboxylic acids is 1. The third-order valence-electron chi connectivity index (χ3n) is 9.31. The van der Waals surface area contributed by atoms with Crippen molar-refractivity contribution < 1.29 is 48.0 Å². The van der Waals surface area contributed by atoms with E-state index in [1.54, 1.807) is 102 Å². The smallest absolute Gasteiger partial charge is 0.340 e. The van der Waals surface area contributed by atoms with Crippen LogP contribution in [0, 0.1) is 16.2 Å². The van der Waals surface area contributed by atoms with Crippen LogP contribution in [-0.4, -0.2) is 52.9 Å². The van der Waals surface area contributed by atoms with Crippen LogP contribution in [0.1, 0.15) is 98.7 Å². The monoisotopic (exact) mass is 669 g/mol. The summed E-state index contributed by atoms with van der Waals surface area (Å²) in [5.41, 5.74) is -2.09. The number of fused-ring (bicyclic) bond motifs is 6. The normalized spacial score (nSPS) is 17.2. The van der Waals surface area contributed by atoms with Gasteiger partial charge in [0.25, 0.3) is 5.91 Å².